The van der Waals surface area contributed by atoms with Crippen LogP contribution in [0, 0.1) is 12.7 Å². The highest BCUT2D eigenvalue weighted by Gasteiger charge is 2.48. The number of ether oxygens (including phenoxy) is 1. The molecule has 2 aromatic rings. The Hall–Kier alpha value is -3.35. The Labute approximate surface area is 238 Å². The van der Waals surface area contributed by atoms with E-state index in [1.165, 1.54) is 26.2 Å². The van der Waals surface area contributed by atoms with Gasteiger partial charge in [0, 0.05) is 18.6 Å². The summed E-state index contributed by atoms with van der Waals surface area (Å²) in [5.74, 6) is -1.72. The minimum Gasteiger partial charge on any atom is -0.468 e. The van der Waals surface area contributed by atoms with Gasteiger partial charge in [-0.1, -0.05) is 13.0 Å². The molecule has 0 aliphatic carbocycles. The van der Waals surface area contributed by atoms with Crippen molar-refractivity contribution in [3.05, 3.63) is 70.0 Å². The fraction of sp³-hybridized carbons (Fsp3) is 0.517. The number of aryl methyl sites for hydroxylation is 1. The number of rotatable bonds is 5. The van der Waals surface area contributed by atoms with Crippen LogP contribution in [0.3, 0.4) is 0 Å². The van der Waals surface area contributed by atoms with Gasteiger partial charge in [-0.25, -0.2) is 9.18 Å². The molecule has 42 heavy (non-hydrogen) atoms. The molecule has 2 aliphatic rings. The largest absolute Gasteiger partial charge is 0.468 e. The van der Waals surface area contributed by atoms with E-state index in [0.717, 1.165) is 0 Å². The molecule has 6 nitrogen and oxygen atoms in total. The van der Waals surface area contributed by atoms with Gasteiger partial charge in [0.05, 0.1) is 24.3 Å². The number of carbonyl (C=O) groups is 2. The molecular formula is C29H32F7N3O3. The van der Waals surface area contributed by atoms with E-state index in [-0.39, 0.29) is 30.7 Å². The van der Waals surface area contributed by atoms with Crippen molar-refractivity contribution in [2.75, 3.05) is 20.2 Å². The van der Waals surface area contributed by atoms with Crippen LogP contribution in [0.5, 0.6) is 0 Å². The third kappa shape index (κ3) is 6.82. The lowest BCUT2D eigenvalue weighted by Crippen LogP contribution is -2.56. The number of nitrogens with one attached hydrogen (secondary N) is 2. The first-order chi connectivity index (χ1) is 19.5. The molecule has 0 radical (unpaired) electrons. The quantitative estimate of drug-likeness (QED) is 0.303. The lowest BCUT2D eigenvalue weighted by molar-refractivity contribution is -0.144. The average Bonchev–Trinajstić information content (AvgIpc) is 3.33. The summed E-state index contributed by atoms with van der Waals surface area (Å²) in [6.45, 7) is 3.16. The van der Waals surface area contributed by atoms with Crippen LogP contribution < -0.4 is 10.6 Å². The second-order valence-corrected chi connectivity index (χ2v) is 11.1. The molecule has 2 heterocycles. The summed E-state index contributed by atoms with van der Waals surface area (Å²) in [7, 11) is 1.30. The van der Waals surface area contributed by atoms with E-state index >= 15 is 0 Å². The molecular weight excluding hydrogens is 571 g/mol. The summed E-state index contributed by atoms with van der Waals surface area (Å²) >= 11 is 0. The number of hydrogen-bond acceptors (Lipinski definition) is 4. The number of hydrogen-bond donors (Lipinski definition) is 2. The van der Waals surface area contributed by atoms with Crippen LogP contribution >= 0.6 is 0 Å². The monoisotopic (exact) mass is 603 g/mol. The van der Waals surface area contributed by atoms with Crippen molar-refractivity contribution < 1.29 is 45.1 Å². The zero-order chi connectivity index (χ0) is 31.0. The lowest BCUT2D eigenvalue weighted by Gasteiger charge is -2.46. The summed E-state index contributed by atoms with van der Waals surface area (Å²) in [5, 5.41) is 6.03. The predicted octanol–water partition coefficient (Wildman–Crippen LogP) is 6.49. The van der Waals surface area contributed by atoms with Crippen LogP contribution in [0.25, 0.3) is 0 Å². The minimum absolute atomic E-state index is 0.0653. The molecule has 0 aromatic heterocycles. The van der Waals surface area contributed by atoms with Crippen LogP contribution in [-0.4, -0.2) is 48.7 Å². The highest BCUT2D eigenvalue weighted by atomic mass is 19.4. The summed E-state index contributed by atoms with van der Waals surface area (Å²) in [5.41, 5.74) is -2.25. The first-order valence-electron chi connectivity index (χ1n) is 13.5. The highest BCUT2D eigenvalue weighted by Crippen LogP contribution is 2.43. The molecule has 2 N–H and O–H groups in total. The van der Waals surface area contributed by atoms with E-state index in [1.807, 2.05) is 0 Å². The first-order valence-corrected chi connectivity index (χ1v) is 13.5. The molecule has 1 unspecified atom stereocenters. The Morgan fingerprint density at radius 3 is 2.29 bits per heavy atom. The van der Waals surface area contributed by atoms with E-state index < -0.39 is 58.9 Å². The topological polar surface area (TPSA) is 70.7 Å². The van der Waals surface area contributed by atoms with E-state index in [2.05, 4.69) is 10.6 Å². The van der Waals surface area contributed by atoms with Gasteiger partial charge in [-0.15, -0.1) is 0 Å². The Kier molecular flexibility index (Phi) is 8.82. The van der Waals surface area contributed by atoms with Gasteiger partial charge in [-0.2, -0.15) is 26.3 Å². The number of amides is 2. The number of benzene rings is 2. The second-order valence-electron chi connectivity index (χ2n) is 11.1. The van der Waals surface area contributed by atoms with Crippen molar-refractivity contribution in [3.8, 4) is 0 Å². The number of carbonyl (C=O) groups excluding carboxylic acids is 2. The number of urea groups is 1. The van der Waals surface area contributed by atoms with Crippen molar-refractivity contribution in [1.29, 1.82) is 0 Å². The number of esters is 1. The van der Waals surface area contributed by atoms with E-state index in [0.29, 0.717) is 48.9 Å². The van der Waals surface area contributed by atoms with Gasteiger partial charge in [-0.05, 0) is 85.5 Å². The van der Waals surface area contributed by atoms with E-state index in [4.69, 9.17) is 4.74 Å². The molecule has 230 valence electrons. The number of alkyl halides is 6. The van der Waals surface area contributed by atoms with Gasteiger partial charge in [0.1, 0.15) is 11.9 Å². The molecule has 2 aliphatic heterocycles. The number of nitrogens with zero attached hydrogens (tertiary/aromatic N) is 1. The van der Waals surface area contributed by atoms with Crippen LogP contribution in [0.2, 0.25) is 0 Å². The van der Waals surface area contributed by atoms with Crippen LogP contribution in [0.4, 0.5) is 35.5 Å². The van der Waals surface area contributed by atoms with Crippen LogP contribution in [0.15, 0.2) is 36.4 Å². The molecule has 2 aromatic carbocycles. The summed E-state index contributed by atoms with van der Waals surface area (Å²) in [6, 6.07) is 4.00. The Balaban J connectivity index is 1.55. The van der Waals surface area contributed by atoms with E-state index in [9.17, 15) is 40.3 Å². The van der Waals surface area contributed by atoms with Crippen molar-refractivity contribution in [2.45, 2.75) is 75.4 Å². The first kappa shape index (κ1) is 31.6. The molecule has 0 saturated carbocycles. The predicted molar refractivity (Wildman–Crippen MR) is 139 cm³/mol. The number of halogens is 7. The zero-order valence-electron chi connectivity index (χ0n) is 23.3. The van der Waals surface area contributed by atoms with Crippen molar-refractivity contribution in [2.24, 2.45) is 0 Å². The minimum atomic E-state index is -4.98. The smallest absolute Gasteiger partial charge is 0.416 e. The third-order valence-corrected chi connectivity index (χ3v) is 8.26. The molecule has 0 bridgehead atoms. The van der Waals surface area contributed by atoms with Gasteiger partial charge < -0.3 is 15.0 Å². The fourth-order valence-corrected chi connectivity index (χ4v) is 5.94. The van der Waals surface area contributed by atoms with Gasteiger partial charge in [0.2, 0.25) is 0 Å². The van der Waals surface area contributed by atoms with Gasteiger partial charge in [0.25, 0.3) is 0 Å². The van der Waals surface area contributed by atoms with Gasteiger partial charge >= 0.3 is 24.4 Å². The fourth-order valence-electron chi connectivity index (χ4n) is 5.94. The summed E-state index contributed by atoms with van der Waals surface area (Å²) < 4.78 is 98.8. The maximum absolute atomic E-state index is 13.9. The second kappa shape index (κ2) is 11.7. The molecule has 4 atom stereocenters. The molecule has 2 amide bonds. The van der Waals surface area contributed by atoms with Gasteiger partial charge in [0.15, 0.2) is 0 Å². The van der Waals surface area contributed by atoms with Crippen LogP contribution in [-0.2, 0) is 21.9 Å². The molecule has 2 fully saturated rings. The Morgan fingerprint density at radius 2 is 1.71 bits per heavy atom. The summed E-state index contributed by atoms with van der Waals surface area (Å²) in [6.07, 6.45) is -7.88. The number of methoxy groups -OCH3 is 1. The maximum atomic E-state index is 13.9. The third-order valence-electron chi connectivity index (χ3n) is 8.26. The maximum Gasteiger partial charge on any atom is 0.416 e. The highest BCUT2D eigenvalue weighted by molar-refractivity contribution is 5.77. The molecule has 13 heteroatoms. The SMILES string of the molecule is COC(=O)C1CC[C@]2(CCN(C(=O)NC[C@H](C)c3cc(C(F)(F)F)cc(C(F)(F)F)c3)[C@@H](c3ccc(F)cc3C)C2)N1. The lowest BCUT2D eigenvalue weighted by atomic mass is 9.79. The molecule has 1 spiro atoms. The zero-order valence-corrected chi connectivity index (χ0v) is 23.3. The van der Waals surface area contributed by atoms with E-state index in [1.54, 1.807) is 17.9 Å². The Bertz CT molecular complexity index is 1300. The summed E-state index contributed by atoms with van der Waals surface area (Å²) in [4.78, 5) is 27.1. The van der Waals surface area contributed by atoms with Gasteiger partial charge in [-0.3, -0.25) is 10.1 Å². The normalized spacial score (nSPS) is 23.6. The Morgan fingerprint density at radius 1 is 1.07 bits per heavy atom. The van der Waals surface area contributed by atoms with Crippen LogP contribution in [0.1, 0.15) is 72.4 Å². The average molecular weight is 604 g/mol. The van der Waals surface area contributed by atoms with Crippen molar-refractivity contribution in [1.82, 2.24) is 15.5 Å². The molecule has 4 rings (SSSR count). The number of likely N-dealkylation sites (tertiary alicyclic amines) is 1. The standard InChI is InChI=1S/C29H32F7N3O3/c1-16-10-21(30)4-5-22(16)24-14-27(7-6-23(38-27)25(40)42-3)8-9-39(24)26(41)37-15-17(2)18-11-19(28(31,32)33)13-20(12-18)29(34,35)36/h4-5,10-13,17,23-24,38H,6-9,14-15H2,1-3H3,(H,37,41)/t17-,23?,24+,27+/m0/s1. The number of piperidine rings is 1. The van der Waals surface area contributed by atoms with Crippen molar-refractivity contribution in [3.63, 3.8) is 0 Å². The molecule has 2 saturated heterocycles. The van der Waals surface area contributed by atoms with Crippen molar-refractivity contribution >= 4 is 12.0 Å².